The molecule has 7 heteroatoms. The summed E-state index contributed by atoms with van der Waals surface area (Å²) < 4.78 is 9.31. The Bertz CT molecular complexity index is 987. The van der Waals surface area contributed by atoms with E-state index < -0.39 is 0 Å². The summed E-state index contributed by atoms with van der Waals surface area (Å²) in [6.07, 6.45) is 0. The highest BCUT2D eigenvalue weighted by atomic mass is 32.2. The van der Waals surface area contributed by atoms with E-state index in [0.29, 0.717) is 11.8 Å². The monoisotopic (exact) mass is 398 g/mol. The summed E-state index contributed by atoms with van der Waals surface area (Å²) in [6, 6.07) is 10.00. The number of nitrogens with zero attached hydrogens (tertiary/aromatic N) is 4. The molecule has 0 aliphatic rings. The molecule has 0 saturated carbocycles. The number of ketones is 1. The number of aryl methyl sites for hydroxylation is 1. The summed E-state index contributed by atoms with van der Waals surface area (Å²) in [5.41, 5.74) is 3.88. The molecule has 0 radical (unpaired) electrons. The average Bonchev–Trinajstić information content (AvgIpc) is 3.19. The van der Waals surface area contributed by atoms with Crippen LogP contribution in [0.1, 0.15) is 41.6 Å². The third-order valence-electron chi connectivity index (χ3n) is 4.82. The molecule has 2 aromatic heterocycles. The number of hydrogen-bond donors (Lipinski definition) is 0. The molecule has 6 nitrogen and oxygen atoms in total. The van der Waals surface area contributed by atoms with Crippen molar-refractivity contribution in [3.05, 3.63) is 47.3 Å². The van der Waals surface area contributed by atoms with Crippen molar-refractivity contribution in [2.45, 2.75) is 38.9 Å². The zero-order valence-electron chi connectivity index (χ0n) is 17.2. The highest BCUT2D eigenvalue weighted by Gasteiger charge is 2.19. The quantitative estimate of drug-likeness (QED) is 0.434. The number of methoxy groups -OCH3 is 1. The molecule has 0 aliphatic heterocycles. The maximum absolute atomic E-state index is 12.8. The van der Waals surface area contributed by atoms with E-state index in [0.717, 1.165) is 39.2 Å². The molecule has 3 rings (SSSR count). The number of ether oxygens (including phenoxy) is 1. The molecular formula is C21H26N4O2S. The lowest BCUT2D eigenvalue weighted by Gasteiger charge is -2.13. The smallest absolute Gasteiger partial charge is 0.191 e. The Morgan fingerprint density at radius 1 is 1.18 bits per heavy atom. The zero-order valence-corrected chi connectivity index (χ0v) is 18.0. The second kappa shape index (κ2) is 8.22. The van der Waals surface area contributed by atoms with Crippen molar-refractivity contribution in [1.29, 1.82) is 0 Å². The van der Waals surface area contributed by atoms with Crippen molar-refractivity contribution in [2.75, 3.05) is 12.9 Å². The van der Waals surface area contributed by atoms with Gasteiger partial charge in [-0.1, -0.05) is 11.8 Å². The van der Waals surface area contributed by atoms with E-state index in [2.05, 4.69) is 28.6 Å². The molecule has 1 aromatic carbocycles. The van der Waals surface area contributed by atoms with E-state index in [1.807, 2.05) is 55.8 Å². The van der Waals surface area contributed by atoms with Gasteiger partial charge >= 0.3 is 0 Å². The summed E-state index contributed by atoms with van der Waals surface area (Å²) in [6.45, 7) is 8.31. The SMILES string of the molecule is COc1ccc(-c2nnc(SCC(=O)c3cc(C)n(C(C)C)c3C)n2C)cc1. The summed E-state index contributed by atoms with van der Waals surface area (Å²) in [7, 11) is 3.55. The first-order valence-electron chi connectivity index (χ1n) is 9.21. The second-order valence-corrected chi connectivity index (χ2v) is 8.00. The Balaban J connectivity index is 1.74. The first kappa shape index (κ1) is 20.2. The van der Waals surface area contributed by atoms with E-state index in [4.69, 9.17) is 4.74 Å². The lowest BCUT2D eigenvalue weighted by molar-refractivity contribution is 0.102. The number of carbonyl (C=O) groups is 1. The average molecular weight is 399 g/mol. The Morgan fingerprint density at radius 3 is 2.43 bits per heavy atom. The van der Waals surface area contributed by atoms with Crippen LogP contribution in [0.25, 0.3) is 11.4 Å². The lowest BCUT2D eigenvalue weighted by Crippen LogP contribution is -2.08. The van der Waals surface area contributed by atoms with Gasteiger partial charge in [0.25, 0.3) is 0 Å². The summed E-state index contributed by atoms with van der Waals surface area (Å²) >= 11 is 1.41. The van der Waals surface area contributed by atoms with Crippen molar-refractivity contribution in [3.63, 3.8) is 0 Å². The minimum absolute atomic E-state index is 0.110. The Kier molecular flexibility index (Phi) is 5.93. The van der Waals surface area contributed by atoms with Gasteiger partial charge in [-0.05, 0) is 58.0 Å². The summed E-state index contributed by atoms with van der Waals surface area (Å²) in [5.74, 6) is 2.00. The maximum Gasteiger partial charge on any atom is 0.191 e. The predicted octanol–water partition coefficient (Wildman–Crippen LogP) is 4.46. The molecule has 0 fully saturated rings. The maximum atomic E-state index is 12.8. The third kappa shape index (κ3) is 3.85. The Labute approximate surface area is 169 Å². The minimum Gasteiger partial charge on any atom is -0.497 e. The van der Waals surface area contributed by atoms with Crippen LogP contribution in [0.2, 0.25) is 0 Å². The van der Waals surface area contributed by atoms with Crippen molar-refractivity contribution in [1.82, 2.24) is 19.3 Å². The lowest BCUT2D eigenvalue weighted by atomic mass is 10.2. The van der Waals surface area contributed by atoms with Gasteiger partial charge in [-0.2, -0.15) is 0 Å². The first-order chi connectivity index (χ1) is 13.3. The van der Waals surface area contributed by atoms with E-state index >= 15 is 0 Å². The fraction of sp³-hybridized carbons (Fsp3) is 0.381. The normalized spacial score (nSPS) is 11.2. The number of benzene rings is 1. The molecule has 0 saturated heterocycles. The molecule has 0 unspecified atom stereocenters. The third-order valence-corrected chi connectivity index (χ3v) is 5.84. The Hall–Kier alpha value is -2.54. The number of aromatic nitrogens is 4. The topological polar surface area (TPSA) is 61.9 Å². The highest BCUT2D eigenvalue weighted by Crippen LogP contribution is 2.26. The van der Waals surface area contributed by atoms with Crippen LogP contribution in [-0.2, 0) is 7.05 Å². The van der Waals surface area contributed by atoms with Crippen LogP contribution < -0.4 is 4.74 Å². The number of hydrogen-bond acceptors (Lipinski definition) is 5. The Morgan fingerprint density at radius 2 is 1.86 bits per heavy atom. The van der Waals surface area contributed by atoms with Gasteiger partial charge in [0.1, 0.15) is 5.75 Å². The first-order valence-corrected chi connectivity index (χ1v) is 10.2. The second-order valence-electron chi connectivity index (χ2n) is 7.05. The van der Waals surface area contributed by atoms with Crippen LogP contribution in [0.3, 0.4) is 0 Å². The molecule has 0 bridgehead atoms. The van der Waals surface area contributed by atoms with Crippen molar-refractivity contribution >= 4 is 17.5 Å². The molecular weight excluding hydrogens is 372 g/mol. The largest absolute Gasteiger partial charge is 0.497 e. The van der Waals surface area contributed by atoms with Gasteiger partial charge in [-0.25, -0.2) is 0 Å². The zero-order chi connectivity index (χ0) is 20.4. The number of Topliss-reactive ketones (excluding diaryl/α,β-unsaturated/α-hetero) is 1. The standard InChI is InChI=1S/C21H26N4O2S/c1-13(2)25-14(3)11-18(15(25)4)19(26)12-28-21-23-22-20(24(21)5)16-7-9-17(27-6)10-8-16/h7-11,13H,12H2,1-6H3. The predicted molar refractivity (Wildman–Crippen MR) is 112 cm³/mol. The van der Waals surface area contributed by atoms with Crippen LogP contribution in [0, 0.1) is 13.8 Å². The van der Waals surface area contributed by atoms with Crippen LogP contribution >= 0.6 is 11.8 Å². The highest BCUT2D eigenvalue weighted by molar-refractivity contribution is 7.99. The van der Waals surface area contributed by atoms with E-state index in [1.165, 1.54) is 11.8 Å². The van der Waals surface area contributed by atoms with Gasteiger partial charge in [0.05, 0.1) is 12.9 Å². The molecule has 0 atom stereocenters. The molecule has 0 aliphatic carbocycles. The molecule has 0 N–H and O–H groups in total. The van der Waals surface area contributed by atoms with Crippen molar-refractivity contribution in [3.8, 4) is 17.1 Å². The molecule has 0 amide bonds. The van der Waals surface area contributed by atoms with Gasteiger partial charge in [0.2, 0.25) is 0 Å². The van der Waals surface area contributed by atoms with Crippen molar-refractivity contribution in [2.24, 2.45) is 7.05 Å². The van der Waals surface area contributed by atoms with Gasteiger partial charge in [0, 0.05) is 35.6 Å². The summed E-state index contributed by atoms with van der Waals surface area (Å²) in [4.78, 5) is 12.8. The van der Waals surface area contributed by atoms with Crippen molar-refractivity contribution < 1.29 is 9.53 Å². The van der Waals surface area contributed by atoms with Crippen LogP contribution in [0.5, 0.6) is 5.75 Å². The summed E-state index contributed by atoms with van der Waals surface area (Å²) in [5, 5.41) is 9.27. The van der Waals surface area contributed by atoms with Crippen LogP contribution in [-0.4, -0.2) is 38.0 Å². The molecule has 28 heavy (non-hydrogen) atoms. The molecule has 148 valence electrons. The van der Waals surface area contributed by atoms with Gasteiger partial charge < -0.3 is 13.9 Å². The van der Waals surface area contributed by atoms with Crippen LogP contribution in [0.4, 0.5) is 0 Å². The van der Waals surface area contributed by atoms with E-state index in [-0.39, 0.29) is 5.78 Å². The molecule has 0 spiro atoms. The van der Waals surface area contributed by atoms with Gasteiger partial charge in [-0.15, -0.1) is 10.2 Å². The fourth-order valence-electron chi connectivity index (χ4n) is 3.49. The fourth-order valence-corrected chi connectivity index (χ4v) is 4.29. The molecule has 2 heterocycles. The number of rotatable bonds is 7. The van der Waals surface area contributed by atoms with E-state index in [9.17, 15) is 4.79 Å². The van der Waals surface area contributed by atoms with E-state index in [1.54, 1.807) is 7.11 Å². The van der Waals surface area contributed by atoms with Gasteiger partial charge in [-0.3, -0.25) is 4.79 Å². The number of thioether (sulfide) groups is 1. The minimum atomic E-state index is 0.110. The molecule has 3 aromatic rings. The van der Waals surface area contributed by atoms with Gasteiger partial charge in [0.15, 0.2) is 16.8 Å². The van der Waals surface area contributed by atoms with Crippen LogP contribution in [0.15, 0.2) is 35.5 Å². The number of carbonyl (C=O) groups excluding carboxylic acids is 1.